The van der Waals surface area contributed by atoms with Crippen LogP contribution in [0.4, 0.5) is 5.69 Å². The van der Waals surface area contributed by atoms with E-state index in [9.17, 15) is 4.79 Å². The fourth-order valence-corrected chi connectivity index (χ4v) is 2.51. The molecule has 2 aromatic carbocycles. The molecule has 2 rings (SSSR count). The molecular weight excluding hydrogens is 284 g/mol. The predicted molar refractivity (Wildman–Crippen MR) is 87.5 cm³/mol. The van der Waals surface area contributed by atoms with Gasteiger partial charge in [0, 0.05) is 29.4 Å². The molecule has 0 aliphatic rings. The Kier molecular flexibility index (Phi) is 4.86. The lowest BCUT2D eigenvalue weighted by Crippen LogP contribution is -2.30. The number of nitrogen functional groups attached to an aromatic ring is 1. The van der Waals surface area contributed by atoms with Gasteiger partial charge in [0.15, 0.2) is 0 Å². The molecule has 0 saturated carbocycles. The van der Waals surface area contributed by atoms with Gasteiger partial charge in [-0.05, 0) is 55.3 Å². The van der Waals surface area contributed by atoms with E-state index in [1.165, 1.54) is 0 Å². The Morgan fingerprint density at radius 3 is 2.62 bits per heavy atom. The highest BCUT2D eigenvalue weighted by atomic mass is 35.5. The number of nitrogens with zero attached hydrogens (tertiary/aromatic N) is 1. The van der Waals surface area contributed by atoms with Gasteiger partial charge in [-0.25, -0.2) is 0 Å². The van der Waals surface area contributed by atoms with Crippen LogP contribution in [0.1, 0.15) is 28.4 Å². The molecule has 0 aliphatic carbocycles. The summed E-state index contributed by atoms with van der Waals surface area (Å²) in [5.74, 6) is -0.0205. The summed E-state index contributed by atoms with van der Waals surface area (Å²) in [4.78, 5) is 14.4. The number of carbonyl (C=O) groups excluding carboxylic acids is 1. The van der Waals surface area contributed by atoms with Crippen molar-refractivity contribution in [3.63, 3.8) is 0 Å². The molecular formula is C17H19ClN2O. The second-order valence-corrected chi connectivity index (χ2v) is 5.52. The summed E-state index contributed by atoms with van der Waals surface area (Å²) >= 11 is 5.99. The third-order valence-corrected chi connectivity index (χ3v) is 3.51. The van der Waals surface area contributed by atoms with Crippen LogP contribution in [0.5, 0.6) is 0 Å². The van der Waals surface area contributed by atoms with E-state index in [1.54, 1.807) is 11.0 Å². The standard InChI is InChI=1S/C17H19ClN2O/c1-3-20(11-13-5-4-6-15(18)9-13)17(21)14-7-12(2)8-16(19)10-14/h4-10H,3,11,19H2,1-2H3. The molecule has 0 saturated heterocycles. The average Bonchev–Trinajstić information content (AvgIpc) is 2.43. The summed E-state index contributed by atoms with van der Waals surface area (Å²) < 4.78 is 0. The first-order chi connectivity index (χ1) is 9.99. The van der Waals surface area contributed by atoms with E-state index in [1.807, 2.05) is 50.2 Å². The quantitative estimate of drug-likeness (QED) is 0.871. The maximum atomic E-state index is 12.6. The van der Waals surface area contributed by atoms with Gasteiger partial charge in [0.25, 0.3) is 5.91 Å². The first kappa shape index (κ1) is 15.4. The van der Waals surface area contributed by atoms with Crippen LogP contribution in [0.15, 0.2) is 42.5 Å². The molecule has 21 heavy (non-hydrogen) atoms. The summed E-state index contributed by atoms with van der Waals surface area (Å²) in [5, 5.41) is 0.677. The number of hydrogen-bond donors (Lipinski definition) is 1. The zero-order chi connectivity index (χ0) is 15.4. The second-order valence-electron chi connectivity index (χ2n) is 5.08. The fourth-order valence-electron chi connectivity index (χ4n) is 2.30. The summed E-state index contributed by atoms with van der Waals surface area (Å²) in [7, 11) is 0. The topological polar surface area (TPSA) is 46.3 Å². The Hall–Kier alpha value is -2.00. The van der Waals surface area contributed by atoms with E-state index in [2.05, 4.69) is 0 Å². The number of aryl methyl sites for hydroxylation is 1. The molecule has 0 heterocycles. The number of hydrogen-bond acceptors (Lipinski definition) is 2. The van der Waals surface area contributed by atoms with Crippen molar-refractivity contribution in [2.45, 2.75) is 20.4 Å². The smallest absolute Gasteiger partial charge is 0.254 e. The van der Waals surface area contributed by atoms with Crippen molar-refractivity contribution in [3.8, 4) is 0 Å². The van der Waals surface area contributed by atoms with Crippen LogP contribution in [0.3, 0.4) is 0 Å². The highest BCUT2D eigenvalue weighted by Gasteiger charge is 2.15. The zero-order valence-corrected chi connectivity index (χ0v) is 13.0. The summed E-state index contributed by atoms with van der Waals surface area (Å²) in [6.45, 7) is 5.05. The molecule has 0 aliphatic heterocycles. The van der Waals surface area contributed by atoms with Gasteiger partial charge in [0.1, 0.15) is 0 Å². The lowest BCUT2D eigenvalue weighted by Gasteiger charge is -2.21. The van der Waals surface area contributed by atoms with E-state index in [0.717, 1.165) is 11.1 Å². The van der Waals surface area contributed by atoms with Gasteiger partial charge in [0.05, 0.1) is 0 Å². The fraction of sp³-hybridized carbons (Fsp3) is 0.235. The van der Waals surface area contributed by atoms with Gasteiger partial charge in [-0.1, -0.05) is 23.7 Å². The maximum absolute atomic E-state index is 12.6. The number of carbonyl (C=O) groups is 1. The van der Waals surface area contributed by atoms with E-state index < -0.39 is 0 Å². The molecule has 0 bridgehead atoms. The van der Waals surface area contributed by atoms with Gasteiger partial charge in [-0.3, -0.25) is 4.79 Å². The van der Waals surface area contributed by atoms with Crippen molar-refractivity contribution < 1.29 is 4.79 Å². The number of benzene rings is 2. The number of anilines is 1. The van der Waals surface area contributed by atoms with Crippen molar-refractivity contribution in [3.05, 3.63) is 64.2 Å². The highest BCUT2D eigenvalue weighted by molar-refractivity contribution is 6.30. The molecule has 1 amide bonds. The molecule has 0 spiro atoms. The Morgan fingerprint density at radius 2 is 2.00 bits per heavy atom. The summed E-state index contributed by atoms with van der Waals surface area (Å²) in [6.07, 6.45) is 0. The number of amides is 1. The van der Waals surface area contributed by atoms with Gasteiger partial charge in [-0.2, -0.15) is 0 Å². The van der Waals surface area contributed by atoms with Crippen LogP contribution >= 0.6 is 11.6 Å². The van der Waals surface area contributed by atoms with Crippen LogP contribution < -0.4 is 5.73 Å². The van der Waals surface area contributed by atoms with Crippen molar-refractivity contribution >= 4 is 23.2 Å². The van der Waals surface area contributed by atoms with Crippen LogP contribution in [0.25, 0.3) is 0 Å². The monoisotopic (exact) mass is 302 g/mol. The van der Waals surface area contributed by atoms with Crippen LogP contribution in [-0.4, -0.2) is 17.4 Å². The SMILES string of the molecule is CCN(Cc1cccc(Cl)c1)C(=O)c1cc(C)cc(N)c1. The molecule has 2 N–H and O–H groups in total. The molecule has 0 aromatic heterocycles. The van der Waals surface area contributed by atoms with Crippen molar-refractivity contribution in [2.24, 2.45) is 0 Å². The van der Waals surface area contributed by atoms with E-state index in [-0.39, 0.29) is 5.91 Å². The lowest BCUT2D eigenvalue weighted by atomic mass is 10.1. The third-order valence-electron chi connectivity index (χ3n) is 3.28. The lowest BCUT2D eigenvalue weighted by molar-refractivity contribution is 0.0752. The minimum Gasteiger partial charge on any atom is -0.399 e. The molecule has 0 atom stereocenters. The Labute approximate surface area is 130 Å². The minimum atomic E-state index is -0.0205. The van der Waals surface area contributed by atoms with Crippen LogP contribution in [0, 0.1) is 6.92 Å². The number of halogens is 1. The Morgan fingerprint density at radius 1 is 1.24 bits per heavy atom. The highest BCUT2D eigenvalue weighted by Crippen LogP contribution is 2.17. The molecule has 110 valence electrons. The second kappa shape index (κ2) is 6.64. The van der Waals surface area contributed by atoms with Crippen LogP contribution in [0.2, 0.25) is 5.02 Å². The zero-order valence-electron chi connectivity index (χ0n) is 12.3. The van der Waals surface area contributed by atoms with Crippen molar-refractivity contribution in [1.29, 1.82) is 0 Å². The van der Waals surface area contributed by atoms with Gasteiger partial charge < -0.3 is 10.6 Å². The predicted octanol–water partition coefficient (Wildman–Crippen LogP) is 3.89. The number of nitrogens with two attached hydrogens (primary N) is 1. The van der Waals surface area contributed by atoms with Crippen molar-refractivity contribution in [2.75, 3.05) is 12.3 Å². The molecule has 4 heteroatoms. The summed E-state index contributed by atoms with van der Waals surface area (Å²) in [5.41, 5.74) is 9.05. The summed E-state index contributed by atoms with van der Waals surface area (Å²) in [6, 6.07) is 13.0. The van der Waals surface area contributed by atoms with Gasteiger partial charge >= 0.3 is 0 Å². The Bertz CT molecular complexity index is 635. The first-order valence-electron chi connectivity index (χ1n) is 6.90. The minimum absolute atomic E-state index is 0.0205. The maximum Gasteiger partial charge on any atom is 0.254 e. The van der Waals surface area contributed by atoms with E-state index >= 15 is 0 Å². The average molecular weight is 303 g/mol. The van der Waals surface area contributed by atoms with Crippen LogP contribution in [-0.2, 0) is 6.54 Å². The third kappa shape index (κ3) is 3.99. The normalized spacial score (nSPS) is 10.4. The molecule has 3 nitrogen and oxygen atoms in total. The first-order valence-corrected chi connectivity index (χ1v) is 7.28. The van der Waals surface area contributed by atoms with Gasteiger partial charge in [-0.15, -0.1) is 0 Å². The molecule has 2 aromatic rings. The molecule has 0 unspecified atom stereocenters. The largest absolute Gasteiger partial charge is 0.399 e. The van der Waals surface area contributed by atoms with Crippen molar-refractivity contribution in [1.82, 2.24) is 4.90 Å². The van der Waals surface area contributed by atoms with E-state index in [0.29, 0.717) is 29.4 Å². The number of rotatable bonds is 4. The molecule has 0 fully saturated rings. The van der Waals surface area contributed by atoms with E-state index in [4.69, 9.17) is 17.3 Å². The van der Waals surface area contributed by atoms with Gasteiger partial charge in [0.2, 0.25) is 0 Å². The Balaban J connectivity index is 2.22. The molecule has 0 radical (unpaired) electrons.